The summed E-state index contributed by atoms with van der Waals surface area (Å²) in [5.41, 5.74) is 2.50. The van der Waals surface area contributed by atoms with Crippen LogP contribution in [-0.4, -0.2) is 33.2 Å². The van der Waals surface area contributed by atoms with Crippen LogP contribution in [-0.2, 0) is 4.79 Å². The molecule has 3 aromatic carbocycles. The van der Waals surface area contributed by atoms with Gasteiger partial charge in [-0.3, -0.25) is 9.36 Å². The molecule has 0 bridgehead atoms. The Morgan fingerprint density at radius 2 is 1.82 bits per heavy atom. The Hall–Kier alpha value is -3.85. The molecule has 0 spiro atoms. The number of thioether (sulfide) groups is 1. The number of hydrogen-bond donors (Lipinski definition) is 1. The number of amides is 1. The Bertz CT molecular complexity index is 1310. The van der Waals surface area contributed by atoms with Gasteiger partial charge in [0.05, 0.1) is 11.8 Å². The normalized spacial score (nSPS) is 13.0. The van der Waals surface area contributed by atoms with Crippen molar-refractivity contribution in [2.24, 2.45) is 0 Å². The Morgan fingerprint density at radius 1 is 1.06 bits per heavy atom. The zero-order valence-electron chi connectivity index (χ0n) is 18.3. The standard InChI is InChI=1S/C25H21FN4O3S/c1-16(18-7-12-21-22(13-18)33-15-32-21)27-23(31)14-34-25-29-28-24(17-5-3-2-4-6-17)30(25)20-10-8-19(26)9-11-20/h2-13,16H,14-15H2,1H3,(H,27,31)/t16-/m0/s1. The third-order valence-corrected chi connectivity index (χ3v) is 6.29. The molecule has 34 heavy (non-hydrogen) atoms. The van der Waals surface area contributed by atoms with Crippen LogP contribution >= 0.6 is 11.8 Å². The second-order valence-electron chi connectivity index (χ2n) is 7.67. The molecule has 5 rings (SSSR count). The molecule has 0 aliphatic carbocycles. The molecular formula is C25H21FN4O3S. The molecule has 1 aliphatic heterocycles. The summed E-state index contributed by atoms with van der Waals surface area (Å²) in [7, 11) is 0. The summed E-state index contributed by atoms with van der Waals surface area (Å²) in [4.78, 5) is 12.7. The van der Waals surface area contributed by atoms with Crippen molar-refractivity contribution in [2.45, 2.75) is 18.1 Å². The van der Waals surface area contributed by atoms with Gasteiger partial charge in [-0.15, -0.1) is 10.2 Å². The highest BCUT2D eigenvalue weighted by atomic mass is 32.2. The van der Waals surface area contributed by atoms with Crippen molar-refractivity contribution in [2.75, 3.05) is 12.5 Å². The molecule has 2 heterocycles. The van der Waals surface area contributed by atoms with Crippen molar-refractivity contribution in [1.29, 1.82) is 0 Å². The van der Waals surface area contributed by atoms with Gasteiger partial charge in [0.25, 0.3) is 0 Å². The molecule has 1 amide bonds. The maximum atomic E-state index is 13.5. The van der Waals surface area contributed by atoms with Crippen molar-refractivity contribution < 1.29 is 18.7 Å². The fraction of sp³-hybridized carbons (Fsp3) is 0.160. The van der Waals surface area contributed by atoms with Crippen LogP contribution in [0.1, 0.15) is 18.5 Å². The largest absolute Gasteiger partial charge is 0.454 e. The van der Waals surface area contributed by atoms with Gasteiger partial charge in [0, 0.05) is 11.3 Å². The SMILES string of the molecule is C[C@H](NC(=O)CSc1nnc(-c2ccccc2)n1-c1ccc(F)cc1)c1ccc2c(c1)OCO2. The monoisotopic (exact) mass is 476 g/mol. The molecule has 1 N–H and O–H groups in total. The zero-order chi connectivity index (χ0) is 23.5. The minimum absolute atomic E-state index is 0.142. The summed E-state index contributed by atoms with van der Waals surface area (Å²) in [6.45, 7) is 2.12. The topological polar surface area (TPSA) is 78.3 Å². The average molecular weight is 477 g/mol. The van der Waals surface area contributed by atoms with Crippen molar-refractivity contribution in [3.8, 4) is 28.6 Å². The van der Waals surface area contributed by atoms with E-state index in [0.717, 1.165) is 11.1 Å². The molecule has 0 saturated carbocycles. The van der Waals surface area contributed by atoms with Gasteiger partial charge in [-0.1, -0.05) is 48.2 Å². The average Bonchev–Trinajstić information content (AvgIpc) is 3.50. The van der Waals surface area contributed by atoms with E-state index in [4.69, 9.17) is 9.47 Å². The van der Waals surface area contributed by atoms with Crippen LogP contribution in [0.5, 0.6) is 11.5 Å². The summed E-state index contributed by atoms with van der Waals surface area (Å²) in [6.07, 6.45) is 0. The van der Waals surface area contributed by atoms with Crippen molar-refractivity contribution in [3.63, 3.8) is 0 Å². The molecule has 9 heteroatoms. The summed E-state index contributed by atoms with van der Waals surface area (Å²) < 4.78 is 26.1. The van der Waals surface area contributed by atoms with Crippen LogP contribution in [0.3, 0.4) is 0 Å². The van der Waals surface area contributed by atoms with E-state index in [0.29, 0.717) is 28.2 Å². The maximum absolute atomic E-state index is 13.5. The molecule has 0 unspecified atom stereocenters. The lowest BCUT2D eigenvalue weighted by Crippen LogP contribution is -2.28. The zero-order valence-corrected chi connectivity index (χ0v) is 19.1. The van der Waals surface area contributed by atoms with E-state index in [1.54, 1.807) is 12.1 Å². The van der Waals surface area contributed by atoms with Gasteiger partial charge < -0.3 is 14.8 Å². The van der Waals surface area contributed by atoms with Gasteiger partial charge >= 0.3 is 0 Å². The molecule has 1 aliphatic rings. The second kappa shape index (κ2) is 9.56. The molecule has 4 aromatic rings. The predicted octanol–water partition coefficient (Wildman–Crippen LogP) is 4.77. The molecule has 0 saturated heterocycles. The molecule has 7 nitrogen and oxygen atoms in total. The Balaban J connectivity index is 1.32. The Labute approximate surface area is 199 Å². The molecule has 1 atom stereocenters. The van der Waals surface area contributed by atoms with Gasteiger partial charge in [0.1, 0.15) is 5.82 Å². The minimum atomic E-state index is -0.329. The number of aromatic nitrogens is 3. The smallest absolute Gasteiger partial charge is 0.231 e. The third-order valence-electron chi connectivity index (χ3n) is 5.36. The molecular weight excluding hydrogens is 455 g/mol. The van der Waals surface area contributed by atoms with Crippen molar-refractivity contribution in [3.05, 3.63) is 84.2 Å². The lowest BCUT2D eigenvalue weighted by atomic mass is 10.1. The van der Waals surface area contributed by atoms with E-state index >= 15 is 0 Å². The Morgan fingerprint density at radius 3 is 2.62 bits per heavy atom. The van der Waals surface area contributed by atoms with E-state index in [2.05, 4.69) is 15.5 Å². The lowest BCUT2D eigenvalue weighted by molar-refractivity contribution is -0.119. The summed E-state index contributed by atoms with van der Waals surface area (Å²) in [5, 5.41) is 12.2. The van der Waals surface area contributed by atoms with Gasteiger partial charge in [0.15, 0.2) is 22.5 Å². The summed E-state index contributed by atoms with van der Waals surface area (Å²) in [5.74, 6) is 1.65. The second-order valence-corrected chi connectivity index (χ2v) is 8.62. The van der Waals surface area contributed by atoms with Crippen LogP contribution in [0.4, 0.5) is 4.39 Å². The number of ether oxygens (including phenoxy) is 2. The highest BCUT2D eigenvalue weighted by molar-refractivity contribution is 7.99. The number of nitrogens with zero attached hydrogens (tertiary/aromatic N) is 3. The first-order valence-corrected chi connectivity index (χ1v) is 11.7. The quantitative estimate of drug-likeness (QED) is 0.387. The number of nitrogens with one attached hydrogen (secondary N) is 1. The van der Waals surface area contributed by atoms with Crippen molar-refractivity contribution in [1.82, 2.24) is 20.1 Å². The number of hydrogen-bond acceptors (Lipinski definition) is 6. The third kappa shape index (κ3) is 4.60. The van der Waals surface area contributed by atoms with Gasteiger partial charge in [-0.2, -0.15) is 0 Å². The Kier molecular flexibility index (Phi) is 6.18. The first-order valence-electron chi connectivity index (χ1n) is 10.7. The molecule has 0 radical (unpaired) electrons. The lowest BCUT2D eigenvalue weighted by Gasteiger charge is -2.15. The highest BCUT2D eigenvalue weighted by Gasteiger charge is 2.19. The fourth-order valence-electron chi connectivity index (χ4n) is 3.64. The van der Waals surface area contributed by atoms with Crippen LogP contribution in [0.25, 0.3) is 17.1 Å². The van der Waals surface area contributed by atoms with E-state index in [9.17, 15) is 9.18 Å². The van der Waals surface area contributed by atoms with Gasteiger partial charge in [0.2, 0.25) is 12.7 Å². The molecule has 1 aromatic heterocycles. The number of carbonyl (C=O) groups is 1. The molecule has 172 valence electrons. The van der Waals surface area contributed by atoms with E-state index in [1.807, 2.05) is 60.0 Å². The van der Waals surface area contributed by atoms with Crippen LogP contribution in [0.15, 0.2) is 78.0 Å². The van der Waals surface area contributed by atoms with Crippen LogP contribution in [0, 0.1) is 5.82 Å². The highest BCUT2D eigenvalue weighted by Crippen LogP contribution is 2.34. The maximum Gasteiger partial charge on any atom is 0.231 e. The van der Waals surface area contributed by atoms with E-state index < -0.39 is 0 Å². The first kappa shape index (κ1) is 22.0. The van der Waals surface area contributed by atoms with Crippen molar-refractivity contribution >= 4 is 17.7 Å². The number of carbonyl (C=O) groups excluding carboxylic acids is 1. The first-order chi connectivity index (χ1) is 16.6. The van der Waals surface area contributed by atoms with Crippen LogP contribution < -0.4 is 14.8 Å². The van der Waals surface area contributed by atoms with Gasteiger partial charge in [-0.25, -0.2) is 4.39 Å². The summed E-state index contributed by atoms with van der Waals surface area (Å²) in [6, 6.07) is 21.1. The molecule has 0 fully saturated rings. The fourth-order valence-corrected chi connectivity index (χ4v) is 4.40. The number of fused-ring (bicyclic) bond motifs is 1. The number of halogens is 1. The number of benzene rings is 3. The van der Waals surface area contributed by atoms with E-state index in [-0.39, 0.29) is 30.3 Å². The van der Waals surface area contributed by atoms with Gasteiger partial charge in [-0.05, 0) is 48.9 Å². The predicted molar refractivity (Wildman–Crippen MR) is 127 cm³/mol. The minimum Gasteiger partial charge on any atom is -0.454 e. The van der Waals surface area contributed by atoms with Crippen LogP contribution in [0.2, 0.25) is 0 Å². The van der Waals surface area contributed by atoms with E-state index in [1.165, 1.54) is 23.9 Å². The number of rotatable bonds is 7. The summed E-state index contributed by atoms with van der Waals surface area (Å²) >= 11 is 1.27.